The van der Waals surface area contributed by atoms with Gasteiger partial charge in [-0.05, 0) is 32.7 Å². The van der Waals surface area contributed by atoms with Gasteiger partial charge in [-0.3, -0.25) is 14.5 Å². The van der Waals surface area contributed by atoms with Gasteiger partial charge >= 0.3 is 5.97 Å². The minimum atomic E-state index is -0.795. The van der Waals surface area contributed by atoms with Crippen molar-refractivity contribution in [3.63, 3.8) is 0 Å². The second kappa shape index (κ2) is 5.11. The van der Waals surface area contributed by atoms with Crippen LogP contribution in [0.25, 0.3) is 0 Å². The van der Waals surface area contributed by atoms with Crippen molar-refractivity contribution in [2.45, 2.75) is 44.7 Å². The molecule has 1 aliphatic heterocycles. The van der Waals surface area contributed by atoms with Gasteiger partial charge in [0.1, 0.15) is 0 Å². The molecule has 15 heavy (non-hydrogen) atoms. The Balaban J connectivity index is 2.47. The Morgan fingerprint density at radius 2 is 2.27 bits per heavy atom. The van der Waals surface area contributed by atoms with Crippen LogP contribution in [0.4, 0.5) is 0 Å². The first-order valence-electron chi connectivity index (χ1n) is 5.29. The first kappa shape index (κ1) is 12.0. The fourth-order valence-electron chi connectivity index (χ4n) is 2.12. The van der Waals surface area contributed by atoms with Gasteiger partial charge in [0.15, 0.2) is 0 Å². The van der Waals surface area contributed by atoms with E-state index in [1.165, 1.54) is 0 Å². The summed E-state index contributed by atoms with van der Waals surface area (Å²) in [5.74, 6) is -1.09. The summed E-state index contributed by atoms with van der Waals surface area (Å²) in [5, 5.41) is 8.57. The molecule has 0 bridgehead atoms. The van der Waals surface area contributed by atoms with Gasteiger partial charge in [0.2, 0.25) is 5.91 Å². The number of hydrogen-bond acceptors (Lipinski definition) is 3. The summed E-state index contributed by atoms with van der Waals surface area (Å²) in [6.45, 7) is 2.79. The average molecular weight is 214 g/mol. The van der Waals surface area contributed by atoms with E-state index in [9.17, 15) is 9.59 Å². The quantitative estimate of drug-likeness (QED) is 0.684. The maximum atomic E-state index is 11.1. The van der Waals surface area contributed by atoms with E-state index in [-0.39, 0.29) is 24.4 Å². The number of carboxylic acid groups (broad SMARTS) is 1. The van der Waals surface area contributed by atoms with Gasteiger partial charge in [-0.15, -0.1) is 0 Å². The second-order valence-corrected chi connectivity index (χ2v) is 4.08. The fraction of sp³-hybridized carbons (Fsp3) is 0.800. The van der Waals surface area contributed by atoms with Crippen LogP contribution in [-0.4, -0.2) is 40.5 Å². The van der Waals surface area contributed by atoms with Crippen LogP contribution in [0.3, 0.4) is 0 Å². The minimum Gasteiger partial charge on any atom is -0.481 e. The smallest absolute Gasteiger partial charge is 0.303 e. The summed E-state index contributed by atoms with van der Waals surface area (Å²) in [6, 6.07) is -0.0881. The number of carbonyl (C=O) groups excluding carboxylic acids is 1. The fourth-order valence-corrected chi connectivity index (χ4v) is 2.12. The number of rotatable bonds is 5. The van der Waals surface area contributed by atoms with E-state index in [2.05, 4.69) is 0 Å². The monoisotopic (exact) mass is 214 g/mol. The van der Waals surface area contributed by atoms with Crippen LogP contribution in [0.15, 0.2) is 0 Å². The van der Waals surface area contributed by atoms with Gasteiger partial charge < -0.3 is 10.8 Å². The van der Waals surface area contributed by atoms with Gasteiger partial charge in [0.25, 0.3) is 0 Å². The maximum absolute atomic E-state index is 11.1. The molecule has 2 atom stereocenters. The van der Waals surface area contributed by atoms with Gasteiger partial charge in [-0.25, -0.2) is 0 Å². The lowest BCUT2D eigenvalue weighted by Crippen LogP contribution is -2.44. The van der Waals surface area contributed by atoms with Crippen molar-refractivity contribution in [2.24, 2.45) is 5.73 Å². The molecule has 0 aromatic heterocycles. The van der Waals surface area contributed by atoms with Crippen LogP contribution in [0.5, 0.6) is 0 Å². The lowest BCUT2D eigenvalue weighted by Gasteiger charge is -2.28. The topological polar surface area (TPSA) is 83.6 Å². The summed E-state index contributed by atoms with van der Waals surface area (Å²) in [4.78, 5) is 23.6. The molecule has 2 unspecified atom stereocenters. The molecule has 0 spiro atoms. The van der Waals surface area contributed by atoms with Crippen molar-refractivity contribution in [2.75, 3.05) is 6.54 Å². The molecule has 1 rings (SSSR count). The molecule has 3 N–H and O–H groups in total. The number of amides is 1. The number of nitrogens with zero attached hydrogens (tertiary/aromatic N) is 1. The van der Waals surface area contributed by atoms with Crippen LogP contribution in [0, 0.1) is 0 Å². The lowest BCUT2D eigenvalue weighted by molar-refractivity contribution is -0.137. The first-order chi connectivity index (χ1) is 7.02. The molecule has 0 aromatic carbocycles. The number of carboxylic acids is 1. The molecule has 1 aliphatic rings. The van der Waals surface area contributed by atoms with Gasteiger partial charge in [-0.1, -0.05) is 0 Å². The predicted octanol–water partition coefficient (Wildman–Crippen LogP) is 0.189. The number of carbonyl (C=O) groups is 2. The lowest BCUT2D eigenvalue weighted by atomic mass is 10.1. The van der Waals surface area contributed by atoms with Crippen LogP contribution >= 0.6 is 0 Å². The third-order valence-electron chi connectivity index (χ3n) is 2.96. The van der Waals surface area contributed by atoms with Crippen LogP contribution in [0.1, 0.15) is 32.6 Å². The van der Waals surface area contributed by atoms with Crippen molar-refractivity contribution in [3.8, 4) is 0 Å². The van der Waals surface area contributed by atoms with Crippen molar-refractivity contribution in [3.05, 3.63) is 0 Å². The molecule has 1 saturated heterocycles. The molecule has 1 heterocycles. The number of primary amides is 1. The SMILES string of the molecule is CC(CCC(=O)O)N1CCCC1C(N)=O. The Labute approximate surface area is 89.2 Å². The Kier molecular flexibility index (Phi) is 4.08. The molecule has 0 aromatic rings. The Morgan fingerprint density at radius 1 is 1.60 bits per heavy atom. The summed E-state index contributed by atoms with van der Waals surface area (Å²) in [6.07, 6.45) is 2.47. The molecule has 0 saturated carbocycles. The number of likely N-dealkylation sites (tertiary alicyclic amines) is 1. The molecular weight excluding hydrogens is 196 g/mol. The number of aliphatic carboxylic acids is 1. The standard InChI is InChI=1S/C10H18N2O3/c1-7(4-5-9(13)14)12-6-2-3-8(12)10(11)15/h7-8H,2-6H2,1H3,(H2,11,15)(H,13,14). The van der Waals surface area contributed by atoms with Gasteiger partial charge in [-0.2, -0.15) is 0 Å². The van der Waals surface area contributed by atoms with Crippen LogP contribution < -0.4 is 5.73 Å². The van der Waals surface area contributed by atoms with Crippen molar-refractivity contribution in [1.29, 1.82) is 0 Å². The molecule has 5 heteroatoms. The molecule has 0 radical (unpaired) electrons. The highest BCUT2D eigenvalue weighted by molar-refractivity contribution is 5.80. The van der Waals surface area contributed by atoms with E-state index in [1.54, 1.807) is 0 Å². The van der Waals surface area contributed by atoms with Crippen LogP contribution in [0.2, 0.25) is 0 Å². The zero-order valence-electron chi connectivity index (χ0n) is 8.98. The zero-order chi connectivity index (χ0) is 11.4. The third-order valence-corrected chi connectivity index (χ3v) is 2.96. The van der Waals surface area contributed by atoms with E-state index < -0.39 is 5.97 Å². The highest BCUT2D eigenvalue weighted by Gasteiger charge is 2.32. The third kappa shape index (κ3) is 3.20. The molecule has 1 amide bonds. The zero-order valence-corrected chi connectivity index (χ0v) is 8.98. The van der Waals surface area contributed by atoms with E-state index in [4.69, 9.17) is 10.8 Å². The highest BCUT2D eigenvalue weighted by Crippen LogP contribution is 2.21. The highest BCUT2D eigenvalue weighted by atomic mass is 16.4. The Morgan fingerprint density at radius 3 is 2.80 bits per heavy atom. The Bertz CT molecular complexity index is 255. The minimum absolute atomic E-state index is 0.112. The Hall–Kier alpha value is -1.10. The van der Waals surface area contributed by atoms with Crippen molar-refractivity contribution >= 4 is 11.9 Å². The molecule has 0 aliphatic carbocycles. The van der Waals surface area contributed by atoms with E-state index in [1.807, 2.05) is 11.8 Å². The largest absolute Gasteiger partial charge is 0.481 e. The van der Waals surface area contributed by atoms with Crippen molar-refractivity contribution in [1.82, 2.24) is 4.90 Å². The molecule has 86 valence electrons. The molecular formula is C10H18N2O3. The summed E-state index contributed by atoms with van der Waals surface area (Å²) < 4.78 is 0. The van der Waals surface area contributed by atoms with Gasteiger partial charge in [0.05, 0.1) is 6.04 Å². The average Bonchev–Trinajstić information content (AvgIpc) is 2.62. The number of nitrogens with two attached hydrogens (primary N) is 1. The van der Waals surface area contributed by atoms with E-state index >= 15 is 0 Å². The summed E-state index contributed by atoms with van der Waals surface area (Å²) in [7, 11) is 0. The molecule has 1 fully saturated rings. The van der Waals surface area contributed by atoms with Crippen LogP contribution in [-0.2, 0) is 9.59 Å². The van der Waals surface area contributed by atoms with Gasteiger partial charge in [0, 0.05) is 12.5 Å². The second-order valence-electron chi connectivity index (χ2n) is 4.08. The maximum Gasteiger partial charge on any atom is 0.303 e. The summed E-state index contributed by atoms with van der Waals surface area (Å²) in [5.41, 5.74) is 5.28. The predicted molar refractivity (Wildman–Crippen MR) is 55.3 cm³/mol. The van der Waals surface area contributed by atoms with Crippen molar-refractivity contribution < 1.29 is 14.7 Å². The normalized spacial score (nSPS) is 23.9. The molecule has 5 nitrogen and oxygen atoms in total. The number of hydrogen-bond donors (Lipinski definition) is 2. The van der Waals surface area contributed by atoms with E-state index in [0.717, 1.165) is 19.4 Å². The summed E-state index contributed by atoms with van der Waals surface area (Å²) >= 11 is 0. The first-order valence-corrected chi connectivity index (χ1v) is 5.29. The van der Waals surface area contributed by atoms with E-state index in [0.29, 0.717) is 6.42 Å².